The highest BCUT2D eigenvalue weighted by atomic mass is 16.5. The van der Waals surface area contributed by atoms with Gasteiger partial charge in [0, 0.05) is 32.0 Å². The first-order valence-corrected chi connectivity index (χ1v) is 12.3. The zero-order chi connectivity index (χ0) is 23.8. The minimum atomic E-state index is -0.780. The van der Waals surface area contributed by atoms with E-state index in [2.05, 4.69) is 39.6 Å². The zero-order valence-electron chi connectivity index (χ0n) is 20.4. The van der Waals surface area contributed by atoms with Gasteiger partial charge in [0.05, 0.1) is 12.2 Å². The van der Waals surface area contributed by atoms with Gasteiger partial charge in [-0.05, 0) is 75.9 Å². The van der Waals surface area contributed by atoms with Crippen LogP contribution in [0.4, 0.5) is 0 Å². The van der Waals surface area contributed by atoms with Gasteiger partial charge in [0.25, 0.3) is 0 Å². The fourth-order valence-corrected chi connectivity index (χ4v) is 4.45. The molecular weight excluding hydrogens is 426 g/mol. The van der Waals surface area contributed by atoms with Gasteiger partial charge in [-0.3, -0.25) is 4.90 Å². The first-order chi connectivity index (χ1) is 16.5. The lowest BCUT2D eigenvalue weighted by Crippen LogP contribution is -2.37. The Morgan fingerprint density at radius 3 is 2.65 bits per heavy atom. The van der Waals surface area contributed by atoms with Crippen molar-refractivity contribution >= 4 is 0 Å². The molecule has 1 aliphatic heterocycles. The van der Waals surface area contributed by atoms with Crippen molar-refractivity contribution < 1.29 is 14.6 Å². The summed E-state index contributed by atoms with van der Waals surface area (Å²) in [4.78, 5) is 6.68. The van der Waals surface area contributed by atoms with Crippen molar-refractivity contribution in [1.29, 1.82) is 0 Å². The Kier molecular flexibility index (Phi) is 8.25. The largest absolute Gasteiger partial charge is 0.494 e. The van der Waals surface area contributed by atoms with Crippen LogP contribution in [0.25, 0.3) is 0 Å². The van der Waals surface area contributed by atoms with E-state index in [1.165, 1.54) is 11.1 Å². The molecule has 6 heteroatoms. The van der Waals surface area contributed by atoms with Crippen LogP contribution in [-0.2, 0) is 13.1 Å². The van der Waals surface area contributed by atoms with E-state index in [4.69, 9.17) is 9.47 Å². The summed E-state index contributed by atoms with van der Waals surface area (Å²) in [5.41, 5.74) is 1.66. The second-order valence-corrected chi connectivity index (χ2v) is 9.47. The van der Waals surface area contributed by atoms with Gasteiger partial charge in [-0.25, -0.2) is 4.98 Å². The molecule has 3 aromatic rings. The summed E-state index contributed by atoms with van der Waals surface area (Å²) in [6, 6.07) is 16.4. The Hall–Kier alpha value is -2.83. The first kappa shape index (κ1) is 24.3. The van der Waals surface area contributed by atoms with Crippen molar-refractivity contribution in [2.24, 2.45) is 0 Å². The number of aliphatic hydroxyl groups is 1. The third-order valence-corrected chi connectivity index (χ3v) is 6.58. The van der Waals surface area contributed by atoms with Crippen LogP contribution < -0.4 is 9.47 Å². The number of imidazole rings is 1. The Morgan fingerprint density at radius 1 is 1.00 bits per heavy atom. The SMILES string of the molecule is Cc1ccc(OC[C@]2(O)CCCN(Cc3cccc(OCCCn4ccnc4C)c3)CC2)cc1. The highest BCUT2D eigenvalue weighted by Gasteiger charge is 2.31. The molecule has 4 rings (SSSR count). The van der Waals surface area contributed by atoms with Crippen LogP contribution in [0, 0.1) is 13.8 Å². The number of ether oxygens (including phenoxy) is 2. The average molecular weight is 464 g/mol. The molecule has 1 saturated heterocycles. The summed E-state index contributed by atoms with van der Waals surface area (Å²) in [5, 5.41) is 11.1. The predicted octanol–water partition coefficient (Wildman–Crippen LogP) is 4.77. The lowest BCUT2D eigenvalue weighted by molar-refractivity contribution is -0.0168. The molecule has 1 fully saturated rings. The van der Waals surface area contributed by atoms with Crippen LogP contribution in [0.1, 0.15) is 42.6 Å². The molecule has 0 amide bonds. The molecule has 34 heavy (non-hydrogen) atoms. The van der Waals surface area contributed by atoms with Crippen molar-refractivity contribution in [3.63, 3.8) is 0 Å². The monoisotopic (exact) mass is 463 g/mol. The van der Waals surface area contributed by atoms with Crippen LogP contribution in [-0.4, -0.2) is 51.5 Å². The molecule has 1 aromatic heterocycles. The van der Waals surface area contributed by atoms with Gasteiger partial charge in [0.2, 0.25) is 0 Å². The number of aryl methyl sites for hydroxylation is 3. The molecule has 2 heterocycles. The summed E-state index contributed by atoms with van der Waals surface area (Å²) < 4.78 is 14.1. The number of aromatic nitrogens is 2. The van der Waals surface area contributed by atoms with E-state index in [1.807, 2.05) is 49.6 Å². The van der Waals surface area contributed by atoms with Crippen LogP contribution in [0.3, 0.4) is 0 Å². The first-order valence-electron chi connectivity index (χ1n) is 12.3. The van der Waals surface area contributed by atoms with Crippen LogP contribution in [0.15, 0.2) is 60.9 Å². The smallest absolute Gasteiger partial charge is 0.119 e. The summed E-state index contributed by atoms with van der Waals surface area (Å²) in [5.74, 6) is 2.77. The molecule has 0 saturated carbocycles. The maximum absolute atomic E-state index is 11.1. The summed E-state index contributed by atoms with van der Waals surface area (Å²) in [6.45, 7) is 8.69. The van der Waals surface area contributed by atoms with E-state index in [0.29, 0.717) is 19.6 Å². The molecule has 0 bridgehead atoms. The lowest BCUT2D eigenvalue weighted by atomic mass is 9.96. The topological polar surface area (TPSA) is 59.8 Å². The number of hydrogen-bond donors (Lipinski definition) is 1. The van der Waals surface area contributed by atoms with Gasteiger partial charge >= 0.3 is 0 Å². The standard InChI is InChI=1S/C28H37N3O3/c1-23-8-10-26(11-9-23)34-22-28(32)12-4-15-30(17-13-28)21-25-6-3-7-27(20-25)33-19-5-16-31-18-14-29-24(31)2/h3,6-11,14,18,20,32H,4-5,12-13,15-17,19,21-22H2,1-2H3/t28-/m0/s1. The summed E-state index contributed by atoms with van der Waals surface area (Å²) in [6.07, 6.45) is 7.21. The number of nitrogens with zero attached hydrogens (tertiary/aromatic N) is 3. The predicted molar refractivity (Wildman–Crippen MR) is 134 cm³/mol. The van der Waals surface area contributed by atoms with Gasteiger partial charge in [-0.2, -0.15) is 0 Å². The Labute approximate surface area is 203 Å². The quantitative estimate of drug-likeness (QED) is 0.439. The maximum atomic E-state index is 11.1. The van der Waals surface area contributed by atoms with Crippen molar-refractivity contribution in [1.82, 2.24) is 14.5 Å². The van der Waals surface area contributed by atoms with Crippen molar-refractivity contribution in [2.45, 2.75) is 58.2 Å². The fourth-order valence-electron chi connectivity index (χ4n) is 4.45. The summed E-state index contributed by atoms with van der Waals surface area (Å²) in [7, 11) is 0. The molecule has 0 aliphatic carbocycles. The highest BCUT2D eigenvalue weighted by Crippen LogP contribution is 2.25. The molecule has 1 N–H and O–H groups in total. The minimum absolute atomic E-state index is 0.339. The number of hydrogen-bond acceptors (Lipinski definition) is 5. The van der Waals surface area contributed by atoms with E-state index in [-0.39, 0.29) is 0 Å². The van der Waals surface area contributed by atoms with Gasteiger partial charge in [0.1, 0.15) is 23.9 Å². The minimum Gasteiger partial charge on any atom is -0.494 e. The van der Waals surface area contributed by atoms with Gasteiger partial charge in [-0.15, -0.1) is 0 Å². The van der Waals surface area contributed by atoms with Crippen LogP contribution in [0.2, 0.25) is 0 Å². The molecular formula is C28H37N3O3. The van der Waals surface area contributed by atoms with Gasteiger partial charge < -0.3 is 19.1 Å². The number of rotatable bonds is 10. The molecule has 6 nitrogen and oxygen atoms in total. The van der Waals surface area contributed by atoms with E-state index < -0.39 is 5.60 Å². The molecule has 0 radical (unpaired) electrons. The second-order valence-electron chi connectivity index (χ2n) is 9.47. The van der Waals surface area contributed by atoms with Crippen molar-refractivity contribution in [2.75, 3.05) is 26.3 Å². The third-order valence-electron chi connectivity index (χ3n) is 6.58. The Bertz CT molecular complexity index is 1030. The molecule has 2 aromatic carbocycles. The van der Waals surface area contributed by atoms with E-state index >= 15 is 0 Å². The van der Waals surface area contributed by atoms with E-state index in [1.54, 1.807) is 0 Å². The van der Waals surface area contributed by atoms with Crippen molar-refractivity contribution in [3.05, 3.63) is 77.9 Å². The van der Waals surface area contributed by atoms with Crippen LogP contribution in [0.5, 0.6) is 11.5 Å². The molecule has 1 atom stereocenters. The molecule has 182 valence electrons. The molecule has 1 aliphatic rings. The number of likely N-dealkylation sites (tertiary alicyclic amines) is 1. The van der Waals surface area contributed by atoms with Crippen LogP contribution >= 0.6 is 0 Å². The summed E-state index contributed by atoms with van der Waals surface area (Å²) >= 11 is 0. The fraction of sp³-hybridized carbons (Fsp3) is 0.464. The highest BCUT2D eigenvalue weighted by molar-refractivity contribution is 5.28. The van der Waals surface area contributed by atoms with Gasteiger partial charge in [-0.1, -0.05) is 29.8 Å². The zero-order valence-corrected chi connectivity index (χ0v) is 20.4. The second kappa shape index (κ2) is 11.5. The van der Waals surface area contributed by atoms with Gasteiger partial charge in [0.15, 0.2) is 0 Å². The van der Waals surface area contributed by atoms with E-state index in [0.717, 1.165) is 62.8 Å². The Morgan fingerprint density at radius 2 is 1.85 bits per heavy atom. The normalized spacial score (nSPS) is 19.0. The number of benzene rings is 2. The van der Waals surface area contributed by atoms with Crippen molar-refractivity contribution in [3.8, 4) is 11.5 Å². The molecule has 0 spiro atoms. The third kappa shape index (κ3) is 7.08. The molecule has 0 unspecified atom stereocenters. The maximum Gasteiger partial charge on any atom is 0.119 e. The lowest BCUT2D eigenvalue weighted by Gasteiger charge is -2.27. The average Bonchev–Trinajstić information content (AvgIpc) is 3.15. The Balaban J connectivity index is 1.23. The van der Waals surface area contributed by atoms with E-state index in [9.17, 15) is 5.11 Å².